The fraction of sp³-hybridized carbons (Fsp3) is 0.533. The number of hydrogen-bond donors (Lipinski definition) is 3. The summed E-state index contributed by atoms with van der Waals surface area (Å²) >= 11 is 0. The number of aliphatic hydroxyl groups excluding tert-OH is 3. The van der Waals surface area contributed by atoms with Crippen molar-refractivity contribution in [3.63, 3.8) is 0 Å². The Morgan fingerprint density at radius 3 is 2.50 bits per heavy atom. The Morgan fingerprint density at radius 2 is 1.91 bits per heavy atom. The highest BCUT2D eigenvalue weighted by atomic mass is 16.7. The van der Waals surface area contributed by atoms with Crippen LogP contribution < -0.4 is 0 Å². The van der Waals surface area contributed by atoms with Crippen LogP contribution in [0.2, 0.25) is 0 Å². The highest BCUT2D eigenvalue weighted by Gasteiger charge is 2.47. The van der Waals surface area contributed by atoms with E-state index >= 15 is 0 Å². The SMILES string of the molecule is CC(=O)O[C@H]1[C@@H](OCc2ccccc2)[C@H](O)[C@H](CO)O[C@@H]1O. The molecule has 7 nitrogen and oxygen atoms in total. The molecule has 0 saturated carbocycles. The summed E-state index contributed by atoms with van der Waals surface area (Å²) in [5, 5.41) is 29.3. The smallest absolute Gasteiger partial charge is 0.303 e. The van der Waals surface area contributed by atoms with E-state index in [2.05, 4.69) is 0 Å². The summed E-state index contributed by atoms with van der Waals surface area (Å²) in [7, 11) is 0. The quantitative estimate of drug-likeness (QED) is 0.634. The summed E-state index contributed by atoms with van der Waals surface area (Å²) in [5.74, 6) is -0.629. The van der Waals surface area contributed by atoms with Gasteiger partial charge in [0.1, 0.15) is 18.3 Å². The molecule has 122 valence electrons. The number of carbonyl (C=O) groups is 1. The highest BCUT2D eigenvalue weighted by molar-refractivity contribution is 5.66. The third-order valence-electron chi connectivity index (χ3n) is 3.40. The van der Waals surface area contributed by atoms with Gasteiger partial charge in [-0.2, -0.15) is 0 Å². The molecule has 1 fully saturated rings. The van der Waals surface area contributed by atoms with Gasteiger partial charge in [-0.3, -0.25) is 4.79 Å². The Morgan fingerprint density at radius 1 is 1.23 bits per heavy atom. The summed E-state index contributed by atoms with van der Waals surface area (Å²) < 4.78 is 15.6. The highest BCUT2D eigenvalue weighted by Crippen LogP contribution is 2.25. The molecular formula is C15H20O7. The molecule has 0 unspecified atom stereocenters. The number of carbonyl (C=O) groups excluding carboxylic acids is 1. The van der Waals surface area contributed by atoms with Gasteiger partial charge in [-0.25, -0.2) is 0 Å². The third-order valence-corrected chi connectivity index (χ3v) is 3.40. The molecule has 1 aromatic carbocycles. The number of hydrogen-bond acceptors (Lipinski definition) is 7. The van der Waals surface area contributed by atoms with Gasteiger partial charge in [-0.1, -0.05) is 30.3 Å². The second-order valence-electron chi connectivity index (χ2n) is 5.07. The number of rotatable bonds is 5. The lowest BCUT2D eigenvalue weighted by Gasteiger charge is -2.41. The van der Waals surface area contributed by atoms with E-state index in [4.69, 9.17) is 14.2 Å². The van der Waals surface area contributed by atoms with Crippen molar-refractivity contribution in [2.24, 2.45) is 0 Å². The van der Waals surface area contributed by atoms with Gasteiger partial charge < -0.3 is 29.5 Å². The summed E-state index contributed by atoms with van der Waals surface area (Å²) in [5.41, 5.74) is 0.859. The van der Waals surface area contributed by atoms with E-state index in [1.165, 1.54) is 6.92 Å². The molecule has 1 aliphatic heterocycles. The Bertz CT molecular complexity index is 478. The average molecular weight is 312 g/mol. The first-order valence-corrected chi connectivity index (χ1v) is 6.98. The molecule has 1 aromatic rings. The second-order valence-corrected chi connectivity index (χ2v) is 5.07. The van der Waals surface area contributed by atoms with E-state index < -0.39 is 43.3 Å². The maximum atomic E-state index is 11.2. The van der Waals surface area contributed by atoms with Crippen LogP contribution in [-0.4, -0.2) is 58.6 Å². The zero-order chi connectivity index (χ0) is 16.1. The molecule has 0 amide bonds. The lowest BCUT2D eigenvalue weighted by atomic mass is 9.98. The van der Waals surface area contributed by atoms with Crippen molar-refractivity contribution >= 4 is 5.97 Å². The molecule has 1 heterocycles. The van der Waals surface area contributed by atoms with Crippen LogP contribution in [0.3, 0.4) is 0 Å². The third kappa shape index (κ3) is 4.02. The molecular weight excluding hydrogens is 292 g/mol. The predicted molar refractivity (Wildman–Crippen MR) is 74.5 cm³/mol. The molecule has 2 rings (SSSR count). The Kier molecular flexibility index (Phi) is 5.87. The minimum atomic E-state index is -1.48. The van der Waals surface area contributed by atoms with Gasteiger partial charge in [-0.15, -0.1) is 0 Å². The number of ether oxygens (including phenoxy) is 3. The summed E-state index contributed by atoms with van der Waals surface area (Å²) in [4.78, 5) is 11.2. The largest absolute Gasteiger partial charge is 0.454 e. The first-order valence-electron chi connectivity index (χ1n) is 6.98. The molecule has 7 heteroatoms. The van der Waals surface area contributed by atoms with E-state index in [0.717, 1.165) is 5.56 Å². The molecule has 0 bridgehead atoms. The van der Waals surface area contributed by atoms with Crippen molar-refractivity contribution in [3.05, 3.63) is 35.9 Å². The van der Waals surface area contributed by atoms with E-state index in [0.29, 0.717) is 0 Å². The van der Waals surface area contributed by atoms with Crippen molar-refractivity contribution in [1.29, 1.82) is 0 Å². The zero-order valence-electron chi connectivity index (χ0n) is 12.2. The molecule has 0 aromatic heterocycles. The normalized spacial score (nSPS) is 31.7. The monoisotopic (exact) mass is 312 g/mol. The summed E-state index contributed by atoms with van der Waals surface area (Å²) in [6.45, 7) is 0.854. The van der Waals surface area contributed by atoms with Crippen molar-refractivity contribution in [2.45, 2.75) is 44.2 Å². The van der Waals surface area contributed by atoms with Gasteiger partial charge in [0, 0.05) is 6.92 Å². The zero-order valence-corrected chi connectivity index (χ0v) is 12.2. The predicted octanol–water partition coefficient (Wildman–Crippen LogP) is -0.426. The van der Waals surface area contributed by atoms with Crippen LogP contribution in [0.25, 0.3) is 0 Å². The first kappa shape index (κ1) is 16.9. The Hall–Kier alpha value is -1.51. The van der Waals surface area contributed by atoms with Crippen molar-refractivity contribution in [2.75, 3.05) is 6.61 Å². The molecule has 5 atom stereocenters. The van der Waals surface area contributed by atoms with E-state index in [1.54, 1.807) is 0 Å². The average Bonchev–Trinajstić information content (AvgIpc) is 2.50. The fourth-order valence-electron chi connectivity index (χ4n) is 2.33. The van der Waals surface area contributed by atoms with Crippen LogP contribution in [0.15, 0.2) is 30.3 Å². The number of benzene rings is 1. The Balaban J connectivity index is 2.10. The van der Waals surface area contributed by atoms with Gasteiger partial charge in [0.15, 0.2) is 12.4 Å². The fourth-order valence-corrected chi connectivity index (χ4v) is 2.33. The molecule has 22 heavy (non-hydrogen) atoms. The lowest BCUT2D eigenvalue weighted by Crippen LogP contribution is -2.60. The topological polar surface area (TPSA) is 105 Å². The second kappa shape index (κ2) is 7.66. The van der Waals surface area contributed by atoms with Crippen LogP contribution in [0, 0.1) is 0 Å². The van der Waals surface area contributed by atoms with Crippen LogP contribution in [0.1, 0.15) is 12.5 Å². The number of esters is 1. The van der Waals surface area contributed by atoms with Gasteiger partial charge >= 0.3 is 5.97 Å². The van der Waals surface area contributed by atoms with E-state index in [-0.39, 0.29) is 6.61 Å². The standard InChI is InChI=1S/C15H20O7/c1-9(17)21-14-13(12(18)11(7-16)22-15(14)19)20-8-10-5-3-2-4-6-10/h2-6,11-16,18-19H,7-8H2,1H3/t11-,12+,13-,14-,15-/m0/s1. The number of aliphatic hydroxyl groups is 3. The molecule has 0 radical (unpaired) electrons. The van der Waals surface area contributed by atoms with Crippen LogP contribution in [-0.2, 0) is 25.6 Å². The first-order chi connectivity index (χ1) is 10.5. The van der Waals surface area contributed by atoms with Crippen molar-refractivity contribution in [1.82, 2.24) is 0 Å². The van der Waals surface area contributed by atoms with Gasteiger partial charge in [0.2, 0.25) is 0 Å². The van der Waals surface area contributed by atoms with E-state index in [9.17, 15) is 20.1 Å². The molecule has 1 aliphatic rings. The van der Waals surface area contributed by atoms with Gasteiger partial charge in [0.05, 0.1) is 13.2 Å². The van der Waals surface area contributed by atoms with Crippen LogP contribution in [0.4, 0.5) is 0 Å². The maximum absolute atomic E-state index is 11.2. The van der Waals surface area contributed by atoms with Crippen LogP contribution in [0.5, 0.6) is 0 Å². The van der Waals surface area contributed by atoms with Crippen LogP contribution >= 0.6 is 0 Å². The molecule has 0 aliphatic carbocycles. The maximum Gasteiger partial charge on any atom is 0.303 e. The minimum Gasteiger partial charge on any atom is -0.454 e. The summed E-state index contributed by atoms with van der Waals surface area (Å²) in [6, 6.07) is 9.22. The lowest BCUT2D eigenvalue weighted by molar-refractivity contribution is -0.299. The van der Waals surface area contributed by atoms with Crippen molar-refractivity contribution in [3.8, 4) is 0 Å². The van der Waals surface area contributed by atoms with Gasteiger partial charge in [0.25, 0.3) is 0 Å². The molecule has 1 saturated heterocycles. The Labute approximate surface area is 128 Å². The molecule has 0 spiro atoms. The van der Waals surface area contributed by atoms with Crippen molar-refractivity contribution < 1.29 is 34.3 Å². The molecule has 3 N–H and O–H groups in total. The minimum absolute atomic E-state index is 0.158. The van der Waals surface area contributed by atoms with Gasteiger partial charge in [-0.05, 0) is 5.56 Å². The van der Waals surface area contributed by atoms with E-state index in [1.807, 2.05) is 30.3 Å². The summed E-state index contributed by atoms with van der Waals surface area (Å²) in [6.07, 6.45) is -5.90.